The Bertz CT molecular complexity index is 1770. The van der Waals surface area contributed by atoms with Gasteiger partial charge in [0.05, 0.1) is 17.6 Å². The number of carbonyl (C=O) groups excluding carboxylic acids is 1. The van der Waals surface area contributed by atoms with E-state index in [1.54, 1.807) is 31.5 Å². The molecule has 0 aliphatic carbocycles. The van der Waals surface area contributed by atoms with Crippen LogP contribution in [0.1, 0.15) is 31.1 Å². The molecule has 5 aromatic rings. The number of aromatic amines is 1. The third-order valence-corrected chi connectivity index (χ3v) is 6.09. The lowest BCUT2D eigenvalue weighted by Crippen LogP contribution is -2.20. The van der Waals surface area contributed by atoms with Crippen molar-refractivity contribution in [1.82, 2.24) is 24.5 Å². The van der Waals surface area contributed by atoms with Crippen LogP contribution in [0.25, 0.3) is 44.5 Å². The van der Waals surface area contributed by atoms with Crippen molar-refractivity contribution < 1.29 is 19.4 Å². The first kappa shape index (κ1) is 25.6. The van der Waals surface area contributed by atoms with Crippen molar-refractivity contribution in [2.24, 2.45) is 5.92 Å². The molecule has 1 amide bonds. The number of anilines is 1. The number of ether oxygens (including phenoxy) is 1. The predicted molar refractivity (Wildman–Crippen MR) is 147 cm³/mol. The Labute approximate surface area is 222 Å². The molecule has 5 rings (SSSR count). The van der Waals surface area contributed by atoms with Crippen LogP contribution in [0.2, 0.25) is 0 Å². The van der Waals surface area contributed by atoms with Gasteiger partial charge in [-0.3, -0.25) is 10.1 Å². The van der Waals surface area contributed by atoms with Crippen LogP contribution in [0, 0.1) is 5.92 Å². The summed E-state index contributed by atoms with van der Waals surface area (Å²) >= 11 is 0. The fourth-order valence-electron chi connectivity index (χ4n) is 4.49. The molecule has 0 bridgehead atoms. The summed E-state index contributed by atoms with van der Waals surface area (Å²) in [4.78, 5) is 53.3. The highest BCUT2D eigenvalue weighted by Gasteiger charge is 2.18. The minimum absolute atomic E-state index is 0.193. The third kappa shape index (κ3) is 5.06. The molecule has 3 N–H and O–H groups in total. The maximum atomic E-state index is 13.2. The van der Waals surface area contributed by atoms with E-state index >= 15 is 0 Å². The lowest BCUT2D eigenvalue weighted by molar-refractivity contribution is 0.0694. The fourth-order valence-corrected chi connectivity index (χ4v) is 4.49. The number of pyridine rings is 1. The van der Waals surface area contributed by atoms with Crippen LogP contribution in [-0.2, 0) is 11.3 Å². The number of hydrogen-bond donors (Lipinski definition) is 3. The van der Waals surface area contributed by atoms with Gasteiger partial charge in [0.25, 0.3) is 0 Å². The zero-order valence-electron chi connectivity index (χ0n) is 21.6. The number of amides is 1. The van der Waals surface area contributed by atoms with Crippen LogP contribution < -0.4 is 10.7 Å². The molecule has 0 fully saturated rings. The smallest absolute Gasteiger partial charge is 0.413 e. The molecule has 0 aliphatic rings. The van der Waals surface area contributed by atoms with Gasteiger partial charge < -0.3 is 19.4 Å². The number of rotatable bonds is 7. The maximum Gasteiger partial charge on any atom is 0.413 e. The molecular formula is C28H26N6O5. The standard InChI is InChI=1S/C28H26N6O5/c1-4-39-28(38)33-27-31-21-12-17(11-19(23(21)32-27)25-29-8-5-9-30-25)16-6-7-22-18(10-16)24(35)20(26(36)37)14-34(22)13-15(2)3/h5-12,14-15H,4,13H2,1-3H3,(H,36,37)(H2,31,32,33,38). The molecule has 3 heterocycles. The van der Waals surface area contributed by atoms with Crippen LogP contribution in [0.15, 0.2) is 59.8 Å². The van der Waals surface area contributed by atoms with Crippen molar-refractivity contribution in [2.75, 3.05) is 11.9 Å². The van der Waals surface area contributed by atoms with Crippen molar-refractivity contribution in [3.05, 3.63) is 70.8 Å². The Morgan fingerprint density at radius 2 is 1.90 bits per heavy atom. The Balaban J connectivity index is 1.71. The number of carboxylic acid groups (broad SMARTS) is 1. The van der Waals surface area contributed by atoms with Gasteiger partial charge in [0.15, 0.2) is 5.82 Å². The monoisotopic (exact) mass is 526 g/mol. The number of nitrogens with zero attached hydrogens (tertiary/aromatic N) is 4. The molecule has 0 saturated heterocycles. The first-order valence-corrected chi connectivity index (χ1v) is 12.4. The highest BCUT2D eigenvalue weighted by atomic mass is 16.5. The molecular weight excluding hydrogens is 500 g/mol. The predicted octanol–water partition coefficient (Wildman–Crippen LogP) is 4.92. The lowest BCUT2D eigenvalue weighted by Gasteiger charge is -2.15. The minimum atomic E-state index is -1.27. The van der Waals surface area contributed by atoms with Gasteiger partial charge in [0.1, 0.15) is 11.1 Å². The Hall–Kier alpha value is -5.06. The summed E-state index contributed by atoms with van der Waals surface area (Å²) in [5.74, 6) is -0.412. The molecule has 0 atom stereocenters. The number of benzene rings is 2. The van der Waals surface area contributed by atoms with E-state index in [1.807, 2.05) is 42.7 Å². The fraction of sp³-hybridized carbons (Fsp3) is 0.214. The van der Waals surface area contributed by atoms with Gasteiger partial charge >= 0.3 is 12.1 Å². The Morgan fingerprint density at radius 1 is 1.13 bits per heavy atom. The summed E-state index contributed by atoms with van der Waals surface area (Å²) in [6.07, 6.45) is 4.00. The normalized spacial score (nSPS) is 11.3. The van der Waals surface area contributed by atoms with E-state index in [4.69, 9.17) is 4.74 Å². The maximum absolute atomic E-state index is 13.2. The van der Waals surface area contributed by atoms with Gasteiger partial charge in [-0.15, -0.1) is 0 Å². The molecule has 2 aromatic carbocycles. The molecule has 11 nitrogen and oxygen atoms in total. The van der Waals surface area contributed by atoms with Crippen molar-refractivity contribution in [3.63, 3.8) is 0 Å². The first-order valence-electron chi connectivity index (χ1n) is 12.4. The van der Waals surface area contributed by atoms with E-state index in [2.05, 4.69) is 25.3 Å². The molecule has 198 valence electrons. The second kappa shape index (κ2) is 10.4. The number of H-pyrrole nitrogens is 1. The first-order chi connectivity index (χ1) is 18.7. The van der Waals surface area contributed by atoms with E-state index in [-0.39, 0.29) is 24.0 Å². The minimum Gasteiger partial charge on any atom is -0.477 e. The average molecular weight is 527 g/mol. The number of carboxylic acids is 1. The molecule has 0 saturated carbocycles. The number of hydrogen-bond acceptors (Lipinski definition) is 7. The second-order valence-corrected chi connectivity index (χ2v) is 9.38. The van der Waals surface area contributed by atoms with E-state index in [1.165, 1.54) is 6.20 Å². The highest BCUT2D eigenvalue weighted by Crippen LogP contribution is 2.33. The number of fused-ring (bicyclic) bond motifs is 2. The quantitative estimate of drug-likeness (QED) is 0.270. The largest absolute Gasteiger partial charge is 0.477 e. The summed E-state index contributed by atoms with van der Waals surface area (Å²) in [5.41, 5.74) is 2.96. The number of imidazole rings is 1. The van der Waals surface area contributed by atoms with E-state index < -0.39 is 17.5 Å². The number of aromatic nitrogens is 5. The second-order valence-electron chi connectivity index (χ2n) is 9.38. The van der Waals surface area contributed by atoms with Gasteiger partial charge in [0.2, 0.25) is 11.4 Å². The van der Waals surface area contributed by atoms with Crippen molar-refractivity contribution in [3.8, 4) is 22.5 Å². The van der Waals surface area contributed by atoms with Crippen molar-refractivity contribution in [2.45, 2.75) is 27.3 Å². The van der Waals surface area contributed by atoms with Crippen LogP contribution in [0.3, 0.4) is 0 Å². The van der Waals surface area contributed by atoms with E-state index in [9.17, 15) is 19.5 Å². The Morgan fingerprint density at radius 3 is 2.59 bits per heavy atom. The number of aromatic carboxylic acids is 1. The molecule has 0 unspecified atom stereocenters. The van der Waals surface area contributed by atoms with Gasteiger partial charge in [-0.2, -0.15) is 0 Å². The molecule has 11 heteroatoms. The zero-order chi connectivity index (χ0) is 27.7. The SMILES string of the molecule is CCOC(=O)Nc1nc2c(-c3ncccn3)cc(-c3ccc4c(c3)c(=O)c(C(=O)O)cn4CC(C)C)cc2[nH]1. The Kier molecular flexibility index (Phi) is 6.80. The summed E-state index contributed by atoms with van der Waals surface area (Å²) in [5, 5.41) is 12.5. The highest BCUT2D eigenvalue weighted by molar-refractivity contribution is 5.98. The molecule has 0 radical (unpaired) electrons. The van der Waals surface area contributed by atoms with Crippen molar-refractivity contribution in [1.29, 1.82) is 0 Å². The van der Waals surface area contributed by atoms with Gasteiger partial charge in [-0.1, -0.05) is 19.9 Å². The lowest BCUT2D eigenvalue weighted by atomic mass is 9.98. The van der Waals surface area contributed by atoms with Gasteiger partial charge in [-0.25, -0.2) is 24.5 Å². The molecule has 3 aromatic heterocycles. The molecule has 39 heavy (non-hydrogen) atoms. The van der Waals surface area contributed by atoms with Crippen LogP contribution >= 0.6 is 0 Å². The van der Waals surface area contributed by atoms with Gasteiger partial charge in [-0.05, 0) is 54.3 Å². The van der Waals surface area contributed by atoms with E-state index in [0.29, 0.717) is 51.0 Å². The summed E-state index contributed by atoms with van der Waals surface area (Å²) < 4.78 is 6.76. The van der Waals surface area contributed by atoms with Crippen molar-refractivity contribution >= 4 is 39.9 Å². The van der Waals surface area contributed by atoms with Crippen LogP contribution in [0.5, 0.6) is 0 Å². The molecule has 0 spiro atoms. The third-order valence-electron chi connectivity index (χ3n) is 6.09. The molecule has 0 aliphatic heterocycles. The number of nitrogens with one attached hydrogen (secondary N) is 2. The average Bonchev–Trinajstić information content (AvgIpc) is 3.31. The van der Waals surface area contributed by atoms with Gasteiger partial charge in [0, 0.05) is 36.1 Å². The summed E-state index contributed by atoms with van der Waals surface area (Å²) in [6.45, 7) is 6.52. The number of carbonyl (C=O) groups is 2. The van der Waals surface area contributed by atoms with E-state index in [0.717, 1.165) is 0 Å². The van der Waals surface area contributed by atoms with Crippen LogP contribution in [-0.4, -0.2) is 48.3 Å². The zero-order valence-corrected chi connectivity index (χ0v) is 21.6. The summed E-state index contributed by atoms with van der Waals surface area (Å²) in [6, 6.07) is 10.8. The topological polar surface area (TPSA) is 152 Å². The van der Waals surface area contributed by atoms with Crippen LogP contribution in [0.4, 0.5) is 10.7 Å². The summed E-state index contributed by atoms with van der Waals surface area (Å²) in [7, 11) is 0.